The van der Waals surface area contributed by atoms with Gasteiger partial charge in [-0.05, 0) is 36.3 Å². The molecule has 176 valence electrons. The molecule has 2 N–H and O–H groups in total. The fourth-order valence-corrected chi connectivity index (χ4v) is 3.46. The largest absolute Gasteiger partial charge is 0.495 e. The monoisotopic (exact) mass is 467 g/mol. The van der Waals surface area contributed by atoms with Crippen LogP contribution in [0, 0.1) is 12.8 Å². The number of ether oxygens (including phenoxy) is 2. The quantitative estimate of drug-likeness (QED) is 0.164. The highest BCUT2D eigenvalue weighted by Crippen LogP contribution is 2.47. The van der Waals surface area contributed by atoms with Gasteiger partial charge in [-0.2, -0.15) is 13.8 Å². The van der Waals surface area contributed by atoms with Crippen molar-refractivity contribution in [2.24, 2.45) is 27.1 Å². The summed E-state index contributed by atoms with van der Waals surface area (Å²) in [4.78, 5) is 13.2. The highest BCUT2D eigenvalue weighted by Gasteiger charge is 2.40. The number of methoxy groups -OCH3 is 1. The van der Waals surface area contributed by atoms with E-state index in [4.69, 9.17) is 15.2 Å². The topological polar surface area (TPSA) is 120 Å². The second-order valence-corrected chi connectivity index (χ2v) is 7.72. The van der Waals surface area contributed by atoms with E-state index in [9.17, 15) is 8.78 Å². The summed E-state index contributed by atoms with van der Waals surface area (Å²) < 4.78 is 35.3. The van der Waals surface area contributed by atoms with E-state index in [0.29, 0.717) is 35.7 Å². The third-order valence-corrected chi connectivity index (χ3v) is 5.39. The van der Waals surface area contributed by atoms with Crippen molar-refractivity contribution in [1.29, 1.82) is 0 Å². The maximum absolute atomic E-state index is 12.0. The number of hydrogen-bond donors (Lipinski definition) is 1. The van der Waals surface area contributed by atoms with Crippen molar-refractivity contribution < 1.29 is 18.3 Å². The van der Waals surface area contributed by atoms with E-state index in [2.05, 4.69) is 30.4 Å². The number of aromatic nitrogens is 3. The SMILES string of the molecule is COc1ccc(C2CC2COc2nc(C)ncc2-c2ccc(/C(N)=N/N=N/C(F)F)cc2)nc1. The Morgan fingerprint density at radius 3 is 2.62 bits per heavy atom. The molecule has 1 aliphatic carbocycles. The zero-order chi connectivity index (χ0) is 24.1. The summed E-state index contributed by atoms with van der Waals surface area (Å²) in [6.07, 6.45) is 4.42. The molecule has 2 aromatic heterocycles. The molecule has 0 spiro atoms. The van der Waals surface area contributed by atoms with Gasteiger partial charge in [-0.3, -0.25) is 4.98 Å². The highest BCUT2D eigenvalue weighted by molar-refractivity contribution is 5.97. The number of nitrogens with zero attached hydrogens (tertiary/aromatic N) is 6. The van der Waals surface area contributed by atoms with Gasteiger partial charge in [0.05, 0.1) is 25.5 Å². The van der Waals surface area contributed by atoms with Crippen molar-refractivity contribution in [3.63, 3.8) is 0 Å². The van der Waals surface area contributed by atoms with E-state index in [1.165, 1.54) is 0 Å². The van der Waals surface area contributed by atoms with Gasteiger partial charge < -0.3 is 15.2 Å². The van der Waals surface area contributed by atoms with Crippen LogP contribution in [0.5, 0.6) is 11.6 Å². The molecule has 1 aromatic carbocycles. The maximum Gasteiger partial charge on any atom is 0.350 e. The molecule has 0 amide bonds. The fourth-order valence-electron chi connectivity index (χ4n) is 3.46. The number of nitrogens with two attached hydrogens (primary N) is 1. The molecule has 2 heterocycles. The molecule has 0 radical (unpaired) electrons. The minimum absolute atomic E-state index is 0.0282. The lowest BCUT2D eigenvalue weighted by Gasteiger charge is -2.11. The van der Waals surface area contributed by atoms with Crippen molar-refractivity contribution in [1.82, 2.24) is 15.0 Å². The van der Waals surface area contributed by atoms with Crippen molar-refractivity contribution in [2.45, 2.75) is 25.8 Å². The third-order valence-electron chi connectivity index (χ3n) is 5.39. The summed E-state index contributed by atoms with van der Waals surface area (Å²) in [5.74, 6) is 2.49. The number of hydrogen-bond acceptors (Lipinski definition) is 7. The Morgan fingerprint density at radius 2 is 1.94 bits per heavy atom. The van der Waals surface area contributed by atoms with Crippen LogP contribution >= 0.6 is 0 Å². The van der Waals surface area contributed by atoms with E-state index < -0.39 is 6.55 Å². The predicted octanol–water partition coefficient (Wildman–Crippen LogP) is 4.33. The van der Waals surface area contributed by atoms with Crippen molar-refractivity contribution in [3.8, 4) is 22.8 Å². The van der Waals surface area contributed by atoms with Crippen LogP contribution in [0.2, 0.25) is 0 Å². The molecule has 1 fully saturated rings. The minimum atomic E-state index is -2.93. The highest BCUT2D eigenvalue weighted by atomic mass is 19.3. The average molecular weight is 467 g/mol. The Labute approximate surface area is 194 Å². The van der Waals surface area contributed by atoms with Crippen LogP contribution in [-0.4, -0.2) is 41.1 Å². The second kappa shape index (κ2) is 10.3. The van der Waals surface area contributed by atoms with Gasteiger partial charge in [-0.25, -0.2) is 4.98 Å². The molecular formula is C23H23F2N7O2. The van der Waals surface area contributed by atoms with E-state index >= 15 is 0 Å². The number of rotatable bonds is 9. The molecule has 34 heavy (non-hydrogen) atoms. The first-order valence-electron chi connectivity index (χ1n) is 10.5. The molecule has 4 rings (SSSR count). The van der Waals surface area contributed by atoms with Crippen LogP contribution in [0.25, 0.3) is 11.1 Å². The molecule has 0 aliphatic heterocycles. The van der Waals surface area contributed by atoms with Gasteiger partial charge >= 0.3 is 6.55 Å². The Bertz CT molecular complexity index is 1180. The lowest BCUT2D eigenvalue weighted by Crippen LogP contribution is -2.12. The molecule has 1 saturated carbocycles. The molecule has 11 heteroatoms. The Hall–Kier alpha value is -4.02. The predicted molar refractivity (Wildman–Crippen MR) is 121 cm³/mol. The van der Waals surface area contributed by atoms with Crippen LogP contribution in [0.1, 0.15) is 29.4 Å². The number of pyridine rings is 1. The summed E-state index contributed by atoms with van der Waals surface area (Å²) in [7, 11) is 1.62. The molecule has 0 saturated heterocycles. The van der Waals surface area contributed by atoms with Crippen LogP contribution in [0.3, 0.4) is 0 Å². The van der Waals surface area contributed by atoms with Crippen molar-refractivity contribution in [3.05, 3.63) is 65.9 Å². The number of aryl methyl sites for hydroxylation is 1. The Balaban J connectivity index is 1.44. The standard InChI is InChI=1S/C23H23F2N7O2/c1-13-27-11-19(14-3-5-15(6-4-14)21(26)30-32-31-23(24)25)22(29-13)34-12-16-9-18(16)20-8-7-17(33-2)10-28-20/h3-8,10-11,16,18,23H,9,12H2,1-2H3,(H2,26,30,31). The summed E-state index contributed by atoms with van der Waals surface area (Å²) in [5, 5.41) is 9.13. The average Bonchev–Trinajstić information content (AvgIpc) is 3.62. The van der Waals surface area contributed by atoms with E-state index in [1.807, 2.05) is 12.1 Å². The van der Waals surface area contributed by atoms with Crippen LogP contribution < -0.4 is 15.2 Å². The smallest absolute Gasteiger partial charge is 0.350 e. The summed E-state index contributed by atoms with van der Waals surface area (Å²) >= 11 is 0. The van der Waals surface area contributed by atoms with Gasteiger partial charge in [-0.1, -0.05) is 29.4 Å². The maximum atomic E-state index is 12.0. The fraction of sp³-hybridized carbons (Fsp3) is 0.304. The molecule has 9 nitrogen and oxygen atoms in total. The Kier molecular flexibility index (Phi) is 7.00. The van der Waals surface area contributed by atoms with Gasteiger partial charge in [0.1, 0.15) is 11.6 Å². The van der Waals surface area contributed by atoms with E-state index in [0.717, 1.165) is 29.0 Å². The van der Waals surface area contributed by atoms with E-state index in [1.54, 1.807) is 50.7 Å². The lowest BCUT2D eigenvalue weighted by atomic mass is 10.1. The summed E-state index contributed by atoms with van der Waals surface area (Å²) in [6.45, 7) is -0.627. The van der Waals surface area contributed by atoms with Crippen molar-refractivity contribution in [2.75, 3.05) is 13.7 Å². The van der Waals surface area contributed by atoms with Gasteiger partial charge in [0.15, 0.2) is 5.84 Å². The third kappa shape index (κ3) is 5.66. The van der Waals surface area contributed by atoms with Crippen LogP contribution in [0.4, 0.5) is 8.78 Å². The molecule has 2 unspecified atom stereocenters. The normalized spacial score (nSPS) is 17.9. The van der Waals surface area contributed by atoms with Gasteiger partial charge in [0.25, 0.3) is 0 Å². The molecule has 3 aromatic rings. The first kappa shape index (κ1) is 23.1. The number of benzene rings is 1. The number of halogens is 2. The zero-order valence-corrected chi connectivity index (χ0v) is 18.6. The molecule has 0 bridgehead atoms. The lowest BCUT2D eigenvalue weighted by molar-refractivity contribution is 0.149. The van der Waals surface area contributed by atoms with Crippen LogP contribution in [0.15, 0.2) is 64.2 Å². The van der Waals surface area contributed by atoms with Gasteiger partial charge in [-0.15, -0.1) is 5.10 Å². The second-order valence-electron chi connectivity index (χ2n) is 7.72. The minimum Gasteiger partial charge on any atom is -0.495 e. The number of amidine groups is 1. The zero-order valence-electron chi connectivity index (χ0n) is 18.6. The Morgan fingerprint density at radius 1 is 1.15 bits per heavy atom. The van der Waals surface area contributed by atoms with Gasteiger partial charge in [0, 0.05) is 29.3 Å². The summed E-state index contributed by atoms with van der Waals surface area (Å²) in [5.41, 5.74) is 8.85. The van der Waals surface area contributed by atoms with E-state index in [-0.39, 0.29) is 5.84 Å². The molecule has 1 aliphatic rings. The first-order chi connectivity index (χ1) is 16.4. The summed E-state index contributed by atoms with van der Waals surface area (Å²) in [6, 6.07) is 10.9. The molecular weight excluding hydrogens is 444 g/mol. The molecule has 2 atom stereocenters. The number of alkyl halides is 2. The van der Waals surface area contributed by atoms with Crippen molar-refractivity contribution >= 4 is 5.84 Å². The first-order valence-corrected chi connectivity index (χ1v) is 10.5. The van der Waals surface area contributed by atoms with Crippen LogP contribution in [-0.2, 0) is 0 Å². The van der Waals surface area contributed by atoms with Gasteiger partial charge in [0.2, 0.25) is 5.88 Å².